The molecule has 0 bridgehead atoms. The van der Waals surface area contributed by atoms with E-state index in [0.717, 1.165) is 41.7 Å². The number of carbonyl (C=O) groups excluding carboxylic acids is 1. The molecule has 4 rings (SSSR count). The highest BCUT2D eigenvalue weighted by atomic mass is 16.1. The minimum atomic E-state index is -0.505. The van der Waals surface area contributed by atoms with Crippen LogP contribution in [0.4, 0.5) is 5.69 Å². The van der Waals surface area contributed by atoms with E-state index >= 15 is 0 Å². The van der Waals surface area contributed by atoms with Gasteiger partial charge >= 0.3 is 0 Å². The van der Waals surface area contributed by atoms with Crippen LogP contribution in [-0.2, 0) is 20.0 Å². The van der Waals surface area contributed by atoms with Crippen molar-refractivity contribution in [1.82, 2.24) is 19.7 Å². The highest BCUT2D eigenvalue weighted by molar-refractivity contribution is 5.94. The molecule has 0 aliphatic carbocycles. The molecular formula is C16H18N6O. The average Bonchev–Trinajstić information content (AvgIpc) is 3.15. The lowest BCUT2D eigenvalue weighted by atomic mass is 10.1. The van der Waals surface area contributed by atoms with Gasteiger partial charge in [0, 0.05) is 26.3 Å². The molecule has 7 nitrogen and oxygen atoms in total. The number of amides is 1. The number of primary amides is 1. The van der Waals surface area contributed by atoms with Crippen LogP contribution in [0, 0.1) is 0 Å². The number of aryl methyl sites for hydroxylation is 1. The van der Waals surface area contributed by atoms with Crippen LogP contribution >= 0.6 is 0 Å². The van der Waals surface area contributed by atoms with Crippen LogP contribution in [0.3, 0.4) is 0 Å². The van der Waals surface area contributed by atoms with E-state index < -0.39 is 5.91 Å². The van der Waals surface area contributed by atoms with Crippen LogP contribution in [0.5, 0.6) is 0 Å². The van der Waals surface area contributed by atoms with Gasteiger partial charge < -0.3 is 15.6 Å². The number of nitrogens with one attached hydrogen (secondary N) is 1. The second-order valence-corrected chi connectivity index (χ2v) is 5.89. The summed E-state index contributed by atoms with van der Waals surface area (Å²) in [6, 6.07) is 3.64. The van der Waals surface area contributed by atoms with Crippen LogP contribution in [0.15, 0.2) is 24.5 Å². The van der Waals surface area contributed by atoms with Gasteiger partial charge in [0.25, 0.3) is 5.91 Å². The number of rotatable bonds is 3. The molecule has 3 aromatic rings. The maximum absolute atomic E-state index is 11.5. The summed E-state index contributed by atoms with van der Waals surface area (Å²) in [5.74, 6) is -0.505. The van der Waals surface area contributed by atoms with E-state index in [1.165, 1.54) is 5.69 Å². The van der Waals surface area contributed by atoms with Gasteiger partial charge in [-0.2, -0.15) is 5.10 Å². The third-order valence-electron chi connectivity index (χ3n) is 4.43. The molecule has 0 saturated carbocycles. The van der Waals surface area contributed by atoms with Gasteiger partial charge in [0.05, 0.1) is 28.6 Å². The summed E-state index contributed by atoms with van der Waals surface area (Å²) in [4.78, 5) is 21.3. The zero-order chi connectivity index (χ0) is 16.0. The van der Waals surface area contributed by atoms with Gasteiger partial charge in [-0.25, -0.2) is 4.98 Å². The Kier molecular flexibility index (Phi) is 3.07. The quantitative estimate of drug-likeness (QED) is 0.763. The lowest BCUT2D eigenvalue weighted by molar-refractivity contribution is 0.0996. The topological polar surface area (TPSA) is 92.8 Å². The van der Waals surface area contributed by atoms with Gasteiger partial charge in [-0.1, -0.05) is 0 Å². The van der Waals surface area contributed by atoms with E-state index in [-0.39, 0.29) is 0 Å². The number of anilines is 1. The van der Waals surface area contributed by atoms with Crippen molar-refractivity contribution in [3.8, 4) is 0 Å². The summed E-state index contributed by atoms with van der Waals surface area (Å²) < 4.78 is 1.94. The number of nitrogens with zero attached hydrogens (tertiary/aromatic N) is 4. The van der Waals surface area contributed by atoms with Crippen molar-refractivity contribution in [2.45, 2.75) is 19.4 Å². The number of nitrogens with two attached hydrogens (primary N) is 1. The summed E-state index contributed by atoms with van der Waals surface area (Å²) in [5, 5.41) is 4.37. The molecule has 118 valence electrons. The number of hydrogen-bond acceptors (Lipinski definition) is 4. The van der Waals surface area contributed by atoms with Crippen LogP contribution < -0.4 is 10.6 Å². The van der Waals surface area contributed by atoms with E-state index in [2.05, 4.69) is 20.0 Å². The first kappa shape index (κ1) is 13.8. The van der Waals surface area contributed by atoms with Gasteiger partial charge in [-0.05, 0) is 30.5 Å². The standard InChI is InChI=1S/C16H18N6O/c1-21-13-3-2-6-22(14(13)8-19-21)9-10-7-12(16(17)23)20-11-4-5-18-15(10)11/h4-5,7-8,18H,2-3,6,9H2,1H3,(H2,17,23). The van der Waals surface area contributed by atoms with Gasteiger partial charge in [0.15, 0.2) is 0 Å². The maximum atomic E-state index is 11.5. The van der Waals surface area contributed by atoms with Crippen LogP contribution in [0.1, 0.15) is 28.2 Å². The molecule has 0 spiro atoms. The largest absolute Gasteiger partial charge is 0.364 e. The highest BCUT2D eigenvalue weighted by Gasteiger charge is 2.22. The van der Waals surface area contributed by atoms with E-state index in [1.807, 2.05) is 30.2 Å². The molecule has 23 heavy (non-hydrogen) atoms. The second-order valence-electron chi connectivity index (χ2n) is 5.89. The molecule has 0 aromatic carbocycles. The lowest BCUT2D eigenvalue weighted by Gasteiger charge is -2.29. The molecule has 3 aromatic heterocycles. The van der Waals surface area contributed by atoms with Crippen LogP contribution in [0.2, 0.25) is 0 Å². The first-order valence-electron chi connectivity index (χ1n) is 7.66. The fourth-order valence-corrected chi connectivity index (χ4v) is 3.29. The molecule has 0 radical (unpaired) electrons. The summed E-state index contributed by atoms with van der Waals surface area (Å²) in [6.45, 7) is 1.66. The predicted molar refractivity (Wildman–Crippen MR) is 87.2 cm³/mol. The maximum Gasteiger partial charge on any atom is 0.267 e. The molecule has 3 N–H and O–H groups in total. The summed E-state index contributed by atoms with van der Waals surface area (Å²) in [5.41, 5.74) is 10.9. The number of aromatic amines is 1. The number of pyridine rings is 1. The summed E-state index contributed by atoms with van der Waals surface area (Å²) in [6.07, 6.45) is 5.88. The molecule has 1 aliphatic rings. The zero-order valence-corrected chi connectivity index (χ0v) is 12.9. The predicted octanol–water partition coefficient (Wildman–Crippen LogP) is 1.35. The fraction of sp³-hybridized carbons (Fsp3) is 0.312. The number of hydrogen-bond donors (Lipinski definition) is 2. The Balaban J connectivity index is 1.76. The number of carbonyl (C=O) groups is 1. The van der Waals surface area contributed by atoms with Crippen LogP contribution in [0.25, 0.3) is 11.0 Å². The minimum absolute atomic E-state index is 0.301. The Hall–Kier alpha value is -2.83. The van der Waals surface area contributed by atoms with E-state index in [1.54, 1.807) is 6.07 Å². The van der Waals surface area contributed by atoms with Gasteiger partial charge in [0.1, 0.15) is 5.69 Å². The molecule has 0 atom stereocenters. The van der Waals surface area contributed by atoms with E-state index in [0.29, 0.717) is 12.2 Å². The van der Waals surface area contributed by atoms with Crippen molar-refractivity contribution in [3.05, 3.63) is 41.5 Å². The Labute approximate surface area is 133 Å². The van der Waals surface area contributed by atoms with Crippen LogP contribution in [-0.4, -0.2) is 32.2 Å². The van der Waals surface area contributed by atoms with Crippen molar-refractivity contribution < 1.29 is 4.79 Å². The Bertz CT molecular complexity index is 893. The van der Waals surface area contributed by atoms with Crippen molar-refractivity contribution in [3.63, 3.8) is 0 Å². The van der Waals surface area contributed by atoms with Gasteiger partial charge in [0.2, 0.25) is 0 Å². The monoisotopic (exact) mass is 310 g/mol. The summed E-state index contributed by atoms with van der Waals surface area (Å²) in [7, 11) is 1.98. The molecule has 1 aliphatic heterocycles. The number of aromatic nitrogens is 4. The molecule has 0 saturated heterocycles. The molecular weight excluding hydrogens is 292 g/mol. The Morgan fingerprint density at radius 3 is 3.17 bits per heavy atom. The highest BCUT2D eigenvalue weighted by Crippen LogP contribution is 2.29. The molecule has 7 heteroatoms. The lowest BCUT2D eigenvalue weighted by Crippen LogP contribution is -2.29. The van der Waals surface area contributed by atoms with Crippen molar-refractivity contribution in [2.75, 3.05) is 11.4 Å². The van der Waals surface area contributed by atoms with E-state index in [4.69, 9.17) is 5.73 Å². The van der Waals surface area contributed by atoms with Crippen molar-refractivity contribution in [1.29, 1.82) is 0 Å². The molecule has 1 amide bonds. The number of H-pyrrole nitrogens is 1. The third-order valence-corrected chi connectivity index (χ3v) is 4.43. The summed E-state index contributed by atoms with van der Waals surface area (Å²) >= 11 is 0. The fourth-order valence-electron chi connectivity index (χ4n) is 3.29. The second kappa shape index (κ2) is 5.12. The molecule has 4 heterocycles. The first-order valence-corrected chi connectivity index (χ1v) is 7.66. The molecule has 0 unspecified atom stereocenters. The SMILES string of the molecule is Cn1ncc2c1CCCN2Cc1cc(C(N)=O)nc2cc[nH]c12. The normalized spacial score (nSPS) is 14.2. The average molecular weight is 310 g/mol. The Morgan fingerprint density at radius 1 is 1.48 bits per heavy atom. The number of fused-ring (bicyclic) bond motifs is 2. The minimum Gasteiger partial charge on any atom is -0.364 e. The van der Waals surface area contributed by atoms with Gasteiger partial charge in [-0.3, -0.25) is 9.48 Å². The van der Waals surface area contributed by atoms with E-state index in [9.17, 15) is 4.79 Å². The third kappa shape index (κ3) is 2.25. The Morgan fingerprint density at radius 2 is 2.35 bits per heavy atom. The van der Waals surface area contributed by atoms with Crippen molar-refractivity contribution in [2.24, 2.45) is 12.8 Å². The smallest absolute Gasteiger partial charge is 0.267 e. The molecule has 0 fully saturated rings. The van der Waals surface area contributed by atoms with Gasteiger partial charge in [-0.15, -0.1) is 0 Å². The first-order chi connectivity index (χ1) is 11.1. The zero-order valence-electron chi connectivity index (χ0n) is 12.9. The van der Waals surface area contributed by atoms with Crippen molar-refractivity contribution >= 4 is 22.6 Å².